The van der Waals surface area contributed by atoms with Crippen molar-refractivity contribution in [2.75, 3.05) is 12.1 Å². The second kappa shape index (κ2) is 5.96. The molecule has 23 heavy (non-hydrogen) atoms. The number of ether oxygens (including phenoxy) is 1. The number of phenolic OH excluding ortho intramolecular Hbond substituents is 1. The molecule has 0 aliphatic carbocycles. The van der Waals surface area contributed by atoms with Crippen molar-refractivity contribution in [1.29, 1.82) is 0 Å². The van der Waals surface area contributed by atoms with E-state index in [2.05, 4.69) is 5.10 Å². The van der Waals surface area contributed by atoms with Crippen molar-refractivity contribution in [3.8, 4) is 11.5 Å². The highest BCUT2D eigenvalue weighted by atomic mass is 16.5. The Bertz CT molecular complexity index is 810. The lowest BCUT2D eigenvalue weighted by Gasteiger charge is -2.11. The van der Waals surface area contributed by atoms with Crippen LogP contribution in [0.4, 0.5) is 5.69 Å². The van der Waals surface area contributed by atoms with Gasteiger partial charge in [0.1, 0.15) is 0 Å². The van der Waals surface area contributed by atoms with E-state index in [1.165, 1.54) is 12.1 Å². The summed E-state index contributed by atoms with van der Waals surface area (Å²) in [6.07, 6.45) is 1.71. The zero-order chi connectivity index (χ0) is 16.4. The quantitative estimate of drug-likeness (QED) is 0.886. The molecule has 1 aliphatic rings. The van der Waals surface area contributed by atoms with Crippen molar-refractivity contribution >= 4 is 23.4 Å². The number of nitrogens with zero attached hydrogens (tertiary/aromatic N) is 2. The van der Waals surface area contributed by atoms with Gasteiger partial charge in [0.2, 0.25) is 0 Å². The molecule has 0 radical (unpaired) electrons. The van der Waals surface area contributed by atoms with Crippen LogP contribution in [0.1, 0.15) is 12.5 Å². The van der Waals surface area contributed by atoms with Gasteiger partial charge in [0.15, 0.2) is 11.5 Å². The number of benzene rings is 2. The van der Waals surface area contributed by atoms with Gasteiger partial charge < -0.3 is 9.84 Å². The first-order valence-corrected chi connectivity index (χ1v) is 7.14. The van der Waals surface area contributed by atoms with E-state index in [-0.39, 0.29) is 11.7 Å². The number of carbonyl (C=O) groups excluding carboxylic acids is 1. The van der Waals surface area contributed by atoms with E-state index in [0.717, 1.165) is 5.69 Å². The Morgan fingerprint density at radius 3 is 2.57 bits per heavy atom. The third-order valence-corrected chi connectivity index (χ3v) is 3.58. The lowest BCUT2D eigenvalue weighted by atomic mass is 10.1. The Morgan fingerprint density at radius 1 is 1.17 bits per heavy atom. The van der Waals surface area contributed by atoms with Crippen molar-refractivity contribution in [2.45, 2.75) is 6.92 Å². The van der Waals surface area contributed by atoms with Crippen LogP contribution < -0.4 is 9.75 Å². The van der Waals surface area contributed by atoms with Crippen molar-refractivity contribution in [3.05, 3.63) is 59.7 Å². The van der Waals surface area contributed by atoms with Gasteiger partial charge in [0, 0.05) is 0 Å². The fraction of sp³-hybridized carbons (Fsp3) is 0.111. The molecule has 0 unspecified atom stereocenters. The standard InChI is InChI=1S/C18H16N2O3/c1-12-15(10-13-8-9-17(23-2)16(21)11-13)18(22)20(19-12)14-6-4-3-5-7-14/h3-11,21H,1-2H3/b15-10-. The molecule has 0 atom stereocenters. The van der Waals surface area contributed by atoms with Gasteiger partial charge in [0.25, 0.3) is 5.91 Å². The molecule has 0 saturated heterocycles. The van der Waals surface area contributed by atoms with Crippen LogP contribution in [0.3, 0.4) is 0 Å². The van der Waals surface area contributed by atoms with Crippen LogP contribution in [-0.4, -0.2) is 23.8 Å². The first-order chi connectivity index (χ1) is 11.1. The zero-order valence-electron chi connectivity index (χ0n) is 12.9. The zero-order valence-corrected chi connectivity index (χ0v) is 12.9. The Labute approximate surface area is 134 Å². The van der Waals surface area contributed by atoms with E-state index in [1.54, 1.807) is 31.2 Å². The number of phenols is 1. The maximum atomic E-state index is 12.6. The van der Waals surface area contributed by atoms with Crippen LogP contribution in [0.15, 0.2) is 59.2 Å². The van der Waals surface area contributed by atoms with Gasteiger partial charge in [-0.1, -0.05) is 24.3 Å². The average molecular weight is 308 g/mol. The van der Waals surface area contributed by atoms with Gasteiger partial charge in [-0.3, -0.25) is 4.79 Å². The fourth-order valence-corrected chi connectivity index (χ4v) is 2.39. The molecule has 3 rings (SSSR count). The molecular weight excluding hydrogens is 292 g/mol. The van der Waals surface area contributed by atoms with Crippen LogP contribution >= 0.6 is 0 Å². The molecule has 1 N–H and O–H groups in total. The summed E-state index contributed by atoms with van der Waals surface area (Å²) in [5, 5.41) is 15.5. The third kappa shape index (κ3) is 2.81. The monoisotopic (exact) mass is 308 g/mol. The van der Waals surface area contributed by atoms with Crippen LogP contribution in [0.5, 0.6) is 11.5 Å². The molecule has 0 spiro atoms. The molecule has 5 heteroatoms. The van der Waals surface area contributed by atoms with Crippen molar-refractivity contribution in [3.63, 3.8) is 0 Å². The minimum absolute atomic E-state index is 0.0294. The van der Waals surface area contributed by atoms with Gasteiger partial charge in [-0.2, -0.15) is 10.1 Å². The van der Waals surface area contributed by atoms with Gasteiger partial charge in [-0.15, -0.1) is 0 Å². The summed E-state index contributed by atoms with van der Waals surface area (Å²) in [7, 11) is 1.49. The van der Waals surface area contributed by atoms with Gasteiger partial charge in [0.05, 0.1) is 24.1 Å². The largest absolute Gasteiger partial charge is 0.504 e. The van der Waals surface area contributed by atoms with Crippen molar-refractivity contribution in [1.82, 2.24) is 0 Å². The predicted molar refractivity (Wildman–Crippen MR) is 89.7 cm³/mol. The smallest absolute Gasteiger partial charge is 0.280 e. The Kier molecular flexibility index (Phi) is 3.85. The summed E-state index contributed by atoms with van der Waals surface area (Å²) in [4.78, 5) is 12.6. The number of carbonyl (C=O) groups is 1. The molecule has 2 aromatic rings. The molecule has 0 aromatic heterocycles. The maximum Gasteiger partial charge on any atom is 0.280 e. The topological polar surface area (TPSA) is 62.1 Å². The van der Waals surface area contributed by atoms with Gasteiger partial charge >= 0.3 is 0 Å². The van der Waals surface area contributed by atoms with Crippen LogP contribution in [0.25, 0.3) is 6.08 Å². The molecule has 1 amide bonds. The molecule has 0 fully saturated rings. The second-order valence-corrected chi connectivity index (χ2v) is 5.13. The molecule has 0 bridgehead atoms. The van der Waals surface area contributed by atoms with Crippen molar-refractivity contribution < 1.29 is 14.6 Å². The molecule has 1 heterocycles. The molecular formula is C18H16N2O3. The summed E-state index contributed by atoms with van der Waals surface area (Å²) >= 11 is 0. The summed E-state index contributed by atoms with van der Waals surface area (Å²) in [5.41, 5.74) is 2.56. The number of hydrazone groups is 1. The van der Waals surface area contributed by atoms with Crippen molar-refractivity contribution in [2.24, 2.45) is 5.10 Å². The molecule has 5 nitrogen and oxygen atoms in total. The number of para-hydroxylation sites is 1. The molecule has 116 valence electrons. The number of anilines is 1. The minimum atomic E-state index is -0.191. The van der Waals surface area contributed by atoms with Gasteiger partial charge in [-0.05, 0) is 42.8 Å². The Hall–Kier alpha value is -3.08. The highest BCUT2D eigenvalue weighted by molar-refractivity contribution is 6.32. The average Bonchev–Trinajstić information content (AvgIpc) is 2.84. The fourth-order valence-electron chi connectivity index (χ4n) is 2.39. The van der Waals surface area contributed by atoms with E-state index >= 15 is 0 Å². The number of hydrogen-bond acceptors (Lipinski definition) is 4. The summed E-state index contributed by atoms with van der Waals surface area (Å²) in [6, 6.07) is 14.2. The predicted octanol–water partition coefficient (Wildman–Crippen LogP) is 3.21. The number of amides is 1. The van der Waals surface area contributed by atoms with Crippen LogP contribution in [0.2, 0.25) is 0 Å². The van der Waals surface area contributed by atoms with E-state index in [9.17, 15) is 9.90 Å². The lowest BCUT2D eigenvalue weighted by molar-refractivity contribution is -0.114. The maximum absolute atomic E-state index is 12.6. The number of rotatable bonds is 3. The summed E-state index contributed by atoms with van der Waals surface area (Å²) < 4.78 is 5.02. The minimum Gasteiger partial charge on any atom is -0.504 e. The second-order valence-electron chi connectivity index (χ2n) is 5.13. The SMILES string of the molecule is COc1ccc(/C=C2\C(=O)N(c3ccccc3)N=C2C)cc1O. The Balaban J connectivity index is 1.94. The van der Waals surface area contributed by atoms with E-state index in [0.29, 0.717) is 22.6 Å². The van der Waals surface area contributed by atoms with Crippen LogP contribution in [0, 0.1) is 0 Å². The summed E-state index contributed by atoms with van der Waals surface area (Å²) in [6.45, 7) is 1.79. The number of hydrogen-bond donors (Lipinski definition) is 1. The van der Waals surface area contributed by atoms with E-state index < -0.39 is 0 Å². The van der Waals surface area contributed by atoms with Gasteiger partial charge in [-0.25, -0.2) is 0 Å². The molecule has 2 aromatic carbocycles. The molecule has 0 saturated carbocycles. The molecule has 1 aliphatic heterocycles. The highest BCUT2D eigenvalue weighted by Crippen LogP contribution is 2.29. The summed E-state index contributed by atoms with van der Waals surface area (Å²) in [5.74, 6) is 0.229. The first kappa shape index (κ1) is 14.8. The highest BCUT2D eigenvalue weighted by Gasteiger charge is 2.28. The van der Waals surface area contributed by atoms with E-state index in [1.807, 2.05) is 30.3 Å². The third-order valence-electron chi connectivity index (χ3n) is 3.58. The van der Waals surface area contributed by atoms with Crippen LogP contribution in [-0.2, 0) is 4.79 Å². The number of aromatic hydroxyl groups is 1. The Morgan fingerprint density at radius 2 is 1.91 bits per heavy atom. The first-order valence-electron chi connectivity index (χ1n) is 7.14. The van der Waals surface area contributed by atoms with E-state index in [4.69, 9.17) is 4.74 Å². The normalized spacial score (nSPS) is 15.9. The number of methoxy groups -OCH3 is 1. The lowest BCUT2D eigenvalue weighted by Crippen LogP contribution is -2.21.